The van der Waals surface area contributed by atoms with E-state index >= 15 is 0 Å². The maximum atomic E-state index is 12.8. The predicted molar refractivity (Wildman–Crippen MR) is 44.9 cm³/mol. The fourth-order valence-electron chi connectivity index (χ4n) is 1.53. The van der Waals surface area contributed by atoms with Crippen LogP contribution >= 0.6 is 0 Å². The molecule has 0 saturated carbocycles. The Labute approximate surface area is 76.1 Å². The van der Waals surface area contributed by atoms with Gasteiger partial charge < -0.3 is 5.32 Å². The second kappa shape index (κ2) is 4.50. The molecule has 2 atom stereocenters. The molecule has 13 heavy (non-hydrogen) atoms. The quantitative estimate of drug-likeness (QED) is 0.688. The first-order chi connectivity index (χ1) is 6.15. The maximum absolute atomic E-state index is 12.8. The van der Waals surface area contributed by atoms with Crippen molar-refractivity contribution in [3.8, 4) is 0 Å². The molecule has 1 aliphatic heterocycles. The highest BCUT2D eigenvalue weighted by atomic mass is 19.1. The molecule has 76 valence electrons. The van der Waals surface area contributed by atoms with Gasteiger partial charge in [0.2, 0.25) is 5.91 Å². The summed E-state index contributed by atoms with van der Waals surface area (Å²) in [6.07, 6.45) is -0.722. The molecule has 0 aromatic rings. The number of halogens is 2. The van der Waals surface area contributed by atoms with Crippen molar-refractivity contribution >= 4 is 5.91 Å². The summed E-state index contributed by atoms with van der Waals surface area (Å²) in [5.74, 6) is -0.277. The fraction of sp³-hybridized carbons (Fsp3) is 0.875. The number of nitrogens with one attached hydrogen (secondary N) is 1. The molecule has 1 rings (SSSR count). The van der Waals surface area contributed by atoms with Gasteiger partial charge in [0.1, 0.15) is 12.8 Å². The van der Waals surface area contributed by atoms with Crippen LogP contribution < -0.4 is 5.32 Å². The predicted octanol–water partition coefficient (Wildman–Crippen LogP) is 0.114. The molecule has 1 N–H and O–H groups in total. The summed E-state index contributed by atoms with van der Waals surface area (Å²) in [5.41, 5.74) is 0. The van der Waals surface area contributed by atoms with Crippen molar-refractivity contribution in [3.63, 3.8) is 0 Å². The average molecular weight is 192 g/mol. The minimum absolute atomic E-state index is 0.0140. The Kier molecular flexibility index (Phi) is 3.59. The summed E-state index contributed by atoms with van der Waals surface area (Å²) in [5, 5.41) is 2.40. The van der Waals surface area contributed by atoms with E-state index in [-0.39, 0.29) is 25.4 Å². The first-order valence-corrected chi connectivity index (χ1v) is 4.33. The van der Waals surface area contributed by atoms with E-state index in [0.717, 1.165) is 0 Å². The monoisotopic (exact) mass is 192 g/mol. The van der Waals surface area contributed by atoms with E-state index in [4.69, 9.17) is 0 Å². The van der Waals surface area contributed by atoms with Crippen molar-refractivity contribution in [2.45, 2.75) is 18.6 Å². The van der Waals surface area contributed by atoms with Gasteiger partial charge in [0.25, 0.3) is 0 Å². The fourth-order valence-corrected chi connectivity index (χ4v) is 1.53. The molecule has 5 heteroatoms. The highest BCUT2D eigenvalue weighted by Gasteiger charge is 2.34. The summed E-state index contributed by atoms with van der Waals surface area (Å²) in [6, 6.07) is -0.429. The normalized spacial score (nSPS) is 29.2. The van der Waals surface area contributed by atoms with Gasteiger partial charge in [0, 0.05) is 19.5 Å². The third-order valence-electron chi connectivity index (χ3n) is 2.19. The smallest absolute Gasteiger partial charge is 0.237 e. The number of hydrogen-bond acceptors (Lipinski definition) is 2. The Morgan fingerprint density at radius 1 is 1.69 bits per heavy atom. The van der Waals surface area contributed by atoms with Crippen LogP contribution in [0.5, 0.6) is 0 Å². The molecule has 0 bridgehead atoms. The van der Waals surface area contributed by atoms with Gasteiger partial charge in [-0.3, -0.25) is 9.69 Å². The van der Waals surface area contributed by atoms with E-state index in [1.165, 1.54) is 0 Å². The highest BCUT2D eigenvalue weighted by molar-refractivity contribution is 5.82. The molecule has 0 aromatic heterocycles. The number of likely N-dealkylation sites (N-methyl/N-ethyl adjacent to an activating group) is 1. The van der Waals surface area contributed by atoms with Crippen molar-refractivity contribution in [2.75, 3.05) is 26.8 Å². The highest BCUT2D eigenvalue weighted by Crippen LogP contribution is 2.18. The number of rotatable bonds is 3. The Hall–Kier alpha value is -0.710. The summed E-state index contributed by atoms with van der Waals surface area (Å²) in [4.78, 5) is 12.9. The Balaban J connectivity index is 2.38. The lowest BCUT2D eigenvalue weighted by molar-refractivity contribution is -0.125. The minimum Gasteiger partial charge on any atom is -0.352 e. The van der Waals surface area contributed by atoms with Gasteiger partial charge in [-0.05, 0) is 7.05 Å². The number of alkyl halides is 2. The van der Waals surface area contributed by atoms with Crippen molar-refractivity contribution in [2.24, 2.45) is 0 Å². The number of carbonyl (C=O) groups is 1. The van der Waals surface area contributed by atoms with Gasteiger partial charge in [-0.2, -0.15) is 0 Å². The lowest BCUT2D eigenvalue weighted by atomic mass is 10.2. The third-order valence-corrected chi connectivity index (χ3v) is 2.19. The number of hydrogen-bond donors (Lipinski definition) is 1. The first-order valence-electron chi connectivity index (χ1n) is 4.33. The molecule has 1 aliphatic rings. The van der Waals surface area contributed by atoms with Gasteiger partial charge in [-0.1, -0.05) is 0 Å². The molecule has 1 fully saturated rings. The van der Waals surface area contributed by atoms with E-state index < -0.39 is 18.9 Å². The van der Waals surface area contributed by atoms with Gasteiger partial charge in [-0.15, -0.1) is 0 Å². The molecule has 1 amide bonds. The molecular formula is C8H14F2N2O. The van der Waals surface area contributed by atoms with Crippen LogP contribution in [0.3, 0.4) is 0 Å². The molecule has 0 aromatic carbocycles. The van der Waals surface area contributed by atoms with Crippen LogP contribution in [0.2, 0.25) is 0 Å². The SMILES string of the molecule is CN1C[C@H](F)C[C@H]1C(=O)NCCF. The maximum Gasteiger partial charge on any atom is 0.237 e. The number of likely N-dealkylation sites (tertiary alicyclic amines) is 1. The molecule has 0 radical (unpaired) electrons. The van der Waals surface area contributed by atoms with E-state index in [0.29, 0.717) is 0 Å². The number of amides is 1. The van der Waals surface area contributed by atoms with Crippen LogP contribution in [0, 0.1) is 0 Å². The standard InChI is InChI=1S/C8H14F2N2O/c1-12-5-6(10)4-7(12)8(13)11-3-2-9/h6-7H,2-5H2,1H3,(H,11,13)/t6-,7+/m1/s1. The zero-order chi connectivity index (χ0) is 9.84. The number of nitrogens with zero attached hydrogens (tertiary/aromatic N) is 1. The largest absolute Gasteiger partial charge is 0.352 e. The first kappa shape index (κ1) is 10.4. The lowest BCUT2D eigenvalue weighted by Crippen LogP contribution is -2.42. The second-order valence-corrected chi connectivity index (χ2v) is 3.27. The van der Waals surface area contributed by atoms with Crippen molar-refractivity contribution < 1.29 is 13.6 Å². The topological polar surface area (TPSA) is 32.3 Å². The van der Waals surface area contributed by atoms with Gasteiger partial charge in [0.05, 0.1) is 6.04 Å². The van der Waals surface area contributed by atoms with Gasteiger partial charge in [-0.25, -0.2) is 8.78 Å². The molecule has 1 heterocycles. The van der Waals surface area contributed by atoms with E-state index in [1.54, 1.807) is 11.9 Å². The zero-order valence-corrected chi connectivity index (χ0v) is 7.59. The van der Waals surface area contributed by atoms with Crippen LogP contribution in [0.4, 0.5) is 8.78 Å². The van der Waals surface area contributed by atoms with Crippen LogP contribution in [-0.2, 0) is 4.79 Å². The van der Waals surface area contributed by atoms with Gasteiger partial charge in [0.15, 0.2) is 0 Å². The minimum atomic E-state index is -0.939. The molecule has 0 spiro atoms. The summed E-state index contributed by atoms with van der Waals surface area (Å²) in [6.45, 7) is -0.283. The van der Waals surface area contributed by atoms with Crippen molar-refractivity contribution in [1.29, 1.82) is 0 Å². The summed E-state index contributed by atoms with van der Waals surface area (Å²) in [7, 11) is 1.69. The Bertz CT molecular complexity index is 189. The third kappa shape index (κ3) is 2.62. The number of carbonyl (C=O) groups excluding carboxylic acids is 1. The summed E-state index contributed by atoms with van der Waals surface area (Å²) >= 11 is 0. The van der Waals surface area contributed by atoms with E-state index in [9.17, 15) is 13.6 Å². The molecule has 0 aliphatic carbocycles. The Morgan fingerprint density at radius 3 is 2.85 bits per heavy atom. The molecule has 1 saturated heterocycles. The Morgan fingerprint density at radius 2 is 2.38 bits per heavy atom. The van der Waals surface area contributed by atoms with Crippen LogP contribution in [-0.4, -0.2) is 49.8 Å². The van der Waals surface area contributed by atoms with Crippen LogP contribution in [0.25, 0.3) is 0 Å². The van der Waals surface area contributed by atoms with Crippen molar-refractivity contribution in [1.82, 2.24) is 10.2 Å². The average Bonchev–Trinajstić information content (AvgIpc) is 2.41. The van der Waals surface area contributed by atoms with E-state index in [2.05, 4.69) is 5.32 Å². The lowest BCUT2D eigenvalue weighted by Gasteiger charge is -2.17. The van der Waals surface area contributed by atoms with E-state index in [1.807, 2.05) is 0 Å². The summed E-state index contributed by atoms with van der Waals surface area (Å²) < 4.78 is 24.5. The molecular weight excluding hydrogens is 178 g/mol. The second-order valence-electron chi connectivity index (χ2n) is 3.27. The zero-order valence-electron chi connectivity index (χ0n) is 7.59. The van der Waals surface area contributed by atoms with Gasteiger partial charge >= 0.3 is 0 Å². The molecule has 3 nitrogen and oxygen atoms in total. The molecule has 0 unspecified atom stereocenters. The van der Waals surface area contributed by atoms with Crippen molar-refractivity contribution in [3.05, 3.63) is 0 Å². The van der Waals surface area contributed by atoms with Crippen LogP contribution in [0.1, 0.15) is 6.42 Å². The van der Waals surface area contributed by atoms with Crippen LogP contribution in [0.15, 0.2) is 0 Å².